The zero-order chi connectivity index (χ0) is 22.3. The molecule has 0 aliphatic rings. The summed E-state index contributed by atoms with van der Waals surface area (Å²) in [6, 6.07) is 19.8. The van der Waals surface area contributed by atoms with Crippen LogP contribution in [0.3, 0.4) is 0 Å². The Labute approximate surface area is 184 Å². The Morgan fingerprint density at radius 3 is 2.62 bits per heavy atom. The average Bonchev–Trinajstić information content (AvgIpc) is 3.28. The SMILES string of the molecule is Cc1cccc(NC(=O)c2ccccc2NC(=O)CCc2nc(-c3ccccn3)no2)c1. The quantitative estimate of drug-likeness (QED) is 0.456. The van der Waals surface area contributed by atoms with Crippen molar-refractivity contribution in [3.05, 3.63) is 89.9 Å². The first-order chi connectivity index (χ1) is 15.6. The molecule has 2 amide bonds. The predicted octanol–water partition coefficient (Wildman–Crippen LogP) is 4.26. The van der Waals surface area contributed by atoms with E-state index in [1.54, 1.807) is 42.6 Å². The van der Waals surface area contributed by atoms with E-state index in [1.807, 2.05) is 37.3 Å². The maximum atomic E-state index is 12.7. The molecule has 8 nitrogen and oxygen atoms in total. The van der Waals surface area contributed by atoms with Crippen molar-refractivity contribution in [1.29, 1.82) is 0 Å². The second-order valence-electron chi connectivity index (χ2n) is 7.14. The van der Waals surface area contributed by atoms with Crippen LogP contribution in [0.1, 0.15) is 28.2 Å². The molecule has 2 heterocycles. The van der Waals surface area contributed by atoms with Crippen molar-refractivity contribution < 1.29 is 14.1 Å². The highest BCUT2D eigenvalue weighted by Gasteiger charge is 2.15. The fourth-order valence-corrected chi connectivity index (χ4v) is 3.10. The van der Waals surface area contributed by atoms with E-state index in [0.29, 0.717) is 34.3 Å². The lowest BCUT2D eigenvalue weighted by atomic mass is 10.1. The highest BCUT2D eigenvalue weighted by Crippen LogP contribution is 2.19. The van der Waals surface area contributed by atoms with E-state index in [4.69, 9.17) is 4.52 Å². The molecule has 8 heteroatoms. The van der Waals surface area contributed by atoms with Gasteiger partial charge >= 0.3 is 0 Å². The summed E-state index contributed by atoms with van der Waals surface area (Å²) in [5, 5.41) is 9.55. The number of pyridine rings is 1. The topological polar surface area (TPSA) is 110 Å². The number of aromatic nitrogens is 3. The van der Waals surface area contributed by atoms with Crippen molar-refractivity contribution in [2.75, 3.05) is 10.6 Å². The number of anilines is 2. The molecule has 0 aliphatic carbocycles. The van der Waals surface area contributed by atoms with Crippen molar-refractivity contribution in [3.63, 3.8) is 0 Å². The van der Waals surface area contributed by atoms with Crippen LogP contribution in [-0.2, 0) is 11.2 Å². The Bertz CT molecular complexity index is 1240. The van der Waals surface area contributed by atoms with Crippen LogP contribution in [-0.4, -0.2) is 26.9 Å². The Hall–Kier alpha value is -4.33. The highest BCUT2D eigenvalue weighted by molar-refractivity contribution is 6.10. The van der Waals surface area contributed by atoms with E-state index in [-0.39, 0.29) is 24.7 Å². The van der Waals surface area contributed by atoms with Gasteiger partial charge < -0.3 is 15.2 Å². The number of hydrogen-bond acceptors (Lipinski definition) is 6. The summed E-state index contributed by atoms with van der Waals surface area (Å²) in [7, 11) is 0. The summed E-state index contributed by atoms with van der Waals surface area (Å²) < 4.78 is 5.21. The van der Waals surface area contributed by atoms with E-state index >= 15 is 0 Å². The summed E-state index contributed by atoms with van der Waals surface area (Å²) in [4.78, 5) is 33.7. The zero-order valence-electron chi connectivity index (χ0n) is 17.4. The third-order valence-corrected chi connectivity index (χ3v) is 4.65. The van der Waals surface area contributed by atoms with Gasteiger partial charge in [-0.2, -0.15) is 4.98 Å². The van der Waals surface area contributed by atoms with E-state index in [1.165, 1.54) is 0 Å². The number of carbonyl (C=O) groups excluding carboxylic acids is 2. The van der Waals surface area contributed by atoms with Gasteiger partial charge in [-0.25, -0.2) is 0 Å². The maximum absolute atomic E-state index is 12.7. The normalized spacial score (nSPS) is 10.5. The van der Waals surface area contributed by atoms with Gasteiger partial charge in [0.2, 0.25) is 17.6 Å². The summed E-state index contributed by atoms with van der Waals surface area (Å²) in [6.45, 7) is 1.95. The monoisotopic (exact) mass is 427 g/mol. The second-order valence-corrected chi connectivity index (χ2v) is 7.14. The van der Waals surface area contributed by atoms with Crippen molar-refractivity contribution in [1.82, 2.24) is 15.1 Å². The molecule has 0 fully saturated rings. The number of rotatable bonds is 7. The lowest BCUT2D eigenvalue weighted by molar-refractivity contribution is -0.116. The van der Waals surface area contributed by atoms with Crippen LogP contribution in [0.2, 0.25) is 0 Å². The van der Waals surface area contributed by atoms with Gasteiger partial charge in [0.05, 0.1) is 11.3 Å². The van der Waals surface area contributed by atoms with Crippen LogP contribution < -0.4 is 10.6 Å². The van der Waals surface area contributed by atoms with Gasteiger partial charge in [-0.05, 0) is 48.9 Å². The summed E-state index contributed by atoms with van der Waals surface area (Å²) >= 11 is 0. The van der Waals surface area contributed by atoms with Crippen LogP contribution in [0.5, 0.6) is 0 Å². The van der Waals surface area contributed by atoms with Gasteiger partial charge in [-0.3, -0.25) is 14.6 Å². The molecule has 0 spiro atoms. The summed E-state index contributed by atoms with van der Waals surface area (Å²) in [5.41, 5.74) is 3.13. The number of hydrogen-bond donors (Lipinski definition) is 2. The molecule has 0 bridgehead atoms. The van der Waals surface area contributed by atoms with Crippen molar-refractivity contribution in [2.45, 2.75) is 19.8 Å². The molecule has 0 atom stereocenters. The first-order valence-electron chi connectivity index (χ1n) is 10.1. The van der Waals surface area contributed by atoms with Gasteiger partial charge in [0, 0.05) is 24.7 Å². The van der Waals surface area contributed by atoms with Gasteiger partial charge in [0.15, 0.2) is 0 Å². The Balaban J connectivity index is 1.38. The van der Waals surface area contributed by atoms with E-state index in [0.717, 1.165) is 5.56 Å². The van der Waals surface area contributed by atoms with E-state index in [9.17, 15) is 9.59 Å². The van der Waals surface area contributed by atoms with Gasteiger partial charge in [-0.15, -0.1) is 0 Å². The van der Waals surface area contributed by atoms with Crippen LogP contribution >= 0.6 is 0 Å². The third kappa shape index (κ3) is 5.23. The summed E-state index contributed by atoms with van der Waals surface area (Å²) in [5.74, 6) is 0.146. The van der Waals surface area contributed by atoms with Gasteiger partial charge in [0.1, 0.15) is 5.69 Å². The molecule has 2 N–H and O–H groups in total. The van der Waals surface area contributed by atoms with E-state index in [2.05, 4.69) is 25.8 Å². The Morgan fingerprint density at radius 2 is 1.81 bits per heavy atom. The molecular weight excluding hydrogens is 406 g/mol. The zero-order valence-corrected chi connectivity index (χ0v) is 17.4. The number of para-hydroxylation sites is 1. The molecule has 160 valence electrons. The predicted molar refractivity (Wildman–Crippen MR) is 120 cm³/mol. The van der Waals surface area contributed by atoms with Crippen LogP contribution in [0.15, 0.2) is 77.4 Å². The lowest BCUT2D eigenvalue weighted by Gasteiger charge is -2.11. The van der Waals surface area contributed by atoms with Crippen LogP contribution in [0.4, 0.5) is 11.4 Å². The molecule has 0 aliphatic heterocycles. The number of benzene rings is 2. The minimum absolute atomic E-state index is 0.123. The third-order valence-electron chi connectivity index (χ3n) is 4.65. The minimum atomic E-state index is -0.302. The molecular formula is C24H21N5O3. The molecule has 2 aromatic carbocycles. The molecule has 0 saturated carbocycles. The average molecular weight is 427 g/mol. The van der Waals surface area contributed by atoms with Crippen LogP contribution in [0.25, 0.3) is 11.5 Å². The van der Waals surface area contributed by atoms with Crippen molar-refractivity contribution in [3.8, 4) is 11.5 Å². The molecule has 4 rings (SSSR count). The number of carbonyl (C=O) groups is 2. The highest BCUT2D eigenvalue weighted by atomic mass is 16.5. The maximum Gasteiger partial charge on any atom is 0.257 e. The number of nitrogens with zero attached hydrogens (tertiary/aromatic N) is 3. The Morgan fingerprint density at radius 1 is 0.969 bits per heavy atom. The largest absolute Gasteiger partial charge is 0.339 e. The lowest BCUT2D eigenvalue weighted by Crippen LogP contribution is -2.18. The minimum Gasteiger partial charge on any atom is -0.339 e. The molecule has 4 aromatic rings. The summed E-state index contributed by atoms with van der Waals surface area (Å²) in [6.07, 6.45) is 2.03. The smallest absolute Gasteiger partial charge is 0.257 e. The molecule has 0 saturated heterocycles. The van der Waals surface area contributed by atoms with Gasteiger partial charge in [-0.1, -0.05) is 35.5 Å². The first kappa shape index (κ1) is 20.9. The number of nitrogens with one attached hydrogen (secondary N) is 2. The van der Waals surface area contributed by atoms with Gasteiger partial charge in [0.25, 0.3) is 5.91 Å². The van der Waals surface area contributed by atoms with E-state index < -0.39 is 0 Å². The second kappa shape index (κ2) is 9.65. The fourth-order valence-electron chi connectivity index (χ4n) is 3.10. The Kier molecular flexibility index (Phi) is 6.31. The molecule has 0 unspecified atom stereocenters. The number of amides is 2. The molecule has 2 aromatic heterocycles. The first-order valence-corrected chi connectivity index (χ1v) is 10.1. The molecule has 32 heavy (non-hydrogen) atoms. The fraction of sp³-hybridized carbons (Fsp3) is 0.125. The van der Waals surface area contributed by atoms with Crippen molar-refractivity contribution in [2.24, 2.45) is 0 Å². The standard InChI is InChI=1S/C24H21N5O3/c1-16-7-6-8-17(15-16)26-24(31)18-9-2-3-10-19(18)27-21(30)12-13-22-28-23(29-32-22)20-11-4-5-14-25-20/h2-11,14-15H,12-13H2,1H3,(H,26,31)(H,27,30). The van der Waals surface area contributed by atoms with Crippen LogP contribution in [0, 0.1) is 6.92 Å². The number of aryl methyl sites for hydroxylation is 2. The van der Waals surface area contributed by atoms with Crippen molar-refractivity contribution >= 4 is 23.2 Å². The molecule has 0 radical (unpaired) electrons.